The molecular formula is C15H18N2. The molecule has 0 spiro atoms. The van der Waals surface area contributed by atoms with Crippen molar-refractivity contribution in [2.75, 3.05) is 18.4 Å². The number of benzene rings is 2. The molecule has 2 nitrogen and oxygen atoms in total. The fourth-order valence-electron chi connectivity index (χ4n) is 2.29. The summed E-state index contributed by atoms with van der Waals surface area (Å²) < 4.78 is 0. The molecule has 0 unspecified atom stereocenters. The van der Waals surface area contributed by atoms with E-state index in [2.05, 4.69) is 47.8 Å². The second-order valence-corrected chi connectivity index (χ2v) is 5.08. The molecule has 1 aliphatic rings. The summed E-state index contributed by atoms with van der Waals surface area (Å²) in [6, 6.07) is 14.9. The molecule has 1 aliphatic carbocycles. The van der Waals surface area contributed by atoms with Gasteiger partial charge in [-0.2, -0.15) is 0 Å². The smallest absolute Gasteiger partial charge is 0.0420 e. The van der Waals surface area contributed by atoms with E-state index in [9.17, 15) is 0 Å². The monoisotopic (exact) mass is 226 g/mol. The molecule has 0 bridgehead atoms. The summed E-state index contributed by atoms with van der Waals surface area (Å²) in [6.07, 6.45) is 2.53. The first-order valence-corrected chi connectivity index (χ1v) is 6.25. The van der Waals surface area contributed by atoms with Gasteiger partial charge in [-0.3, -0.25) is 0 Å². The van der Waals surface area contributed by atoms with E-state index in [4.69, 9.17) is 5.73 Å². The number of rotatable bonds is 4. The van der Waals surface area contributed by atoms with Crippen molar-refractivity contribution < 1.29 is 0 Å². The van der Waals surface area contributed by atoms with Gasteiger partial charge in [0.15, 0.2) is 0 Å². The van der Waals surface area contributed by atoms with Gasteiger partial charge in [-0.1, -0.05) is 36.4 Å². The minimum absolute atomic E-state index is 0.372. The van der Waals surface area contributed by atoms with Crippen LogP contribution in [0.4, 0.5) is 5.69 Å². The van der Waals surface area contributed by atoms with Gasteiger partial charge >= 0.3 is 0 Å². The highest BCUT2D eigenvalue weighted by atomic mass is 14.9. The quantitative estimate of drug-likeness (QED) is 0.841. The summed E-state index contributed by atoms with van der Waals surface area (Å²) in [5.41, 5.74) is 7.40. The van der Waals surface area contributed by atoms with Gasteiger partial charge in [0, 0.05) is 17.6 Å². The van der Waals surface area contributed by atoms with Gasteiger partial charge in [-0.05, 0) is 36.3 Å². The predicted molar refractivity (Wildman–Crippen MR) is 73.2 cm³/mol. The highest BCUT2D eigenvalue weighted by Gasteiger charge is 2.40. The predicted octanol–water partition coefficient (Wildman–Crippen LogP) is 2.99. The molecule has 2 heteroatoms. The average Bonchev–Trinajstić information content (AvgIpc) is 3.17. The molecule has 0 amide bonds. The van der Waals surface area contributed by atoms with Crippen LogP contribution in [0.15, 0.2) is 42.5 Å². The van der Waals surface area contributed by atoms with E-state index in [-0.39, 0.29) is 0 Å². The number of fused-ring (bicyclic) bond motifs is 1. The van der Waals surface area contributed by atoms with Crippen LogP contribution in [0.2, 0.25) is 0 Å². The first-order chi connectivity index (χ1) is 8.33. The zero-order valence-corrected chi connectivity index (χ0v) is 9.95. The van der Waals surface area contributed by atoms with Gasteiger partial charge in [0.25, 0.3) is 0 Å². The fourth-order valence-corrected chi connectivity index (χ4v) is 2.29. The SMILES string of the molecule is NCC1(CNc2cccc3ccccc23)CC1. The minimum Gasteiger partial charge on any atom is -0.384 e. The first kappa shape index (κ1) is 10.6. The molecular weight excluding hydrogens is 208 g/mol. The van der Waals surface area contributed by atoms with E-state index in [0.29, 0.717) is 5.41 Å². The molecule has 3 rings (SSSR count). The maximum absolute atomic E-state index is 5.81. The van der Waals surface area contributed by atoms with Crippen LogP contribution in [0.1, 0.15) is 12.8 Å². The molecule has 2 aromatic rings. The molecule has 0 saturated heterocycles. The molecule has 0 aliphatic heterocycles. The highest BCUT2D eigenvalue weighted by molar-refractivity contribution is 5.93. The molecule has 0 atom stereocenters. The number of hydrogen-bond donors (Lipinski definition) is 2. The Hall–Kier alpha value is -1.54. The lowest BCUT2D eigenvalue weighted by Gasteiger charge is -2.15. The van der Waals surface area contributed by atoms with Crippen LogP contribution in [0.3, 0.4) is 0 Å². The summed E-state index contributed by atoms with van der Waals surface area (Å²) >= 11 is 0. The molecule has 88 valence electrons. The van der Waals surface area contributed by atoms with Crippen LogP contribution in [0, 0.1) is 5.41 Å². The number of hydrogen-bond acceptors (Lipinski definition) is 2. The Kier molecular flexibility index (Phi) is 2.52. The van der Waals surface area contributed by atoms with Crippen molar-refractivity contribution >= 4 is 16.5 Å². The Labute approximate surface area is 102 Å². The lowest BCUT2D eigenvalue weighted by Crippen LogP contribution is -2.24. The van der Waals surface area contributed by atoms with E-state index >= 15 is 0 Å². The molecule has 3 N–H and O–H groups in total. The van der Waals surface area contributed by atoms with Gasteiger partial charge in [-0.15, -0.1) is 0 Å². The average molecular weight is 226 g/mol. The maximum atomic E-state index is 5.81. The first-order valence-electron chi connectivity index (χ1n) is 6.25. The molecule has 0 radical (unpaired) electrons. The summed E-state index contributed by atoms with van der Waals surface area (Å²) in [5.74, 6) is 0. The van der Waals surface area contributed by atoms with Crippen LogP contribution in [-0.4, -0.2) is 13.1 Å². The van der Waals surface area contributed by atoms with Crippen LogP contribution >= 0.6 is 0 Å². The van der Waals surface area contributed by atoms with Gasteiger partial charge in [0.1, 0.15) is 0 Å². The Balaban J connectivity index is 1.85. The number of anilines is 1. The van der Waals surface area contributed by atoms with Crippen LogP contribution in [0.25, 0.3) is 10.8 Å². The fraction of sp³-hybridized carbons (Fsp3) is 0.333. The Morgan fingerprint density at radius 3 is 2.59 bits per heavy atom. The zero-order valence-electron chi connectivity index (χ0n) is 9.95. The van der Waals surface area contributed by atoms with Gasteiger partial charge < -0.3 is 11.1 Å². The molecule has 1 saturated carbocycles. The number of nitrogens with one attached hydrogen (secondary N) is 1. The minimum atomic E-state index is 0.372. The molecule has 0 aromatic heterocycles. The van der Waals surface area contributed by atoms with Crippen molar-refractivity contribution in [2.45, 2.75) is 12.8 Å². The standard InChI is InChI=1S/C15H18N2/c16-10-15(8-9-15)11-17-14-7-3-5-12-4-1-2-6-13(12)14/h1-7,17H,8-11,16H2. The van der Waals surface area contributed by atoms with Gasteiger partial charge in [0.05, 0.1) is 0 Å². The Morgan fingerprint density at radius 2 is 1.82 bits per heavy atom. The van der Waals surface area contributed by atoms with Gasteiger partial charge in [-0.25, -0.2) is 0 Å². The Morgan fingerprint density at radius 1 is 1.06 bits per heavy atom. The molecule has 0 heterocycles. The van der Waals surface area contributed by atoms with Crippen molar-refractivity contribution in [2.24, 2.45) is 11.1 Å². The maximum Gasteiger partial charge on any atom is 0.0420 e. The van der Waals surface area contributed by atoms with Crippen molar-refractivity contribution in [3.05, 3.63) is 42.5 Å². The Bertz CT molecular complexity index is 524. The molecule has 2 aromatic carbocycles. The van der Waals surface area contributed by atoms with E-state index in [1.54, 1.807) is 0 Å². The van der Waals surface area contributed by atoms with Crippen molar-refractivity contribution in [1.82, 2.24) is 0 Å². The summed E-state index contributed by atoms with van der Waals surface area (Å²) in [5, 5.41) is 6.14. The van der Waals surface area contributed by atoms with Crippen molar-refractivity contribution in [3.8, 4) is 0 Å². The van der Waals surface area contributed by atoms with Crippen LogP contribution in [-0.2, 0) is 0 Å². The summed E-state index contributed by atoms with van der Waals surface area (Å²) in [4.78, 5) is 0. The third kappa shape index (κ3) is 2.01. The van der Waals surface area contributed by atoms with Gasteiger partial charge in [0.2, 0.25) is 0 Å². The second-order valence-electron chi connectivity index (χ2n) is 5.08. The van der Waals surface area contributed by atoms with Crippen LogP contribution in [0.5, 0.6) is 0 Å². The number of nitrogens with two attached hydrogens (primary N) is 1. The van der Waals surface area contributed by atoms with E-state index < -0.39 is 0 Å². The van der Waals surface area contributed by atoms with Crippen LogP contribution < -0.4 is 11.1 Å². The van der Waals surface area contributed by atoms with E-state index in [0.717, 1.165) is 13.1 Å². The largest absolute Gasteiger partial charge is 0.384 e. The van der Waals surface area contributed by atoms with Crippen molar-refractivity contribution in [3.63, 3.8) is 0 Å². The highest BCUT2D eigenvalue weighted by Crippen LogP contribution is 2.44. The topological polar surface area (TPSA) is 38.0 Å². The summed E-state index contributed by atoms with van der Waals surface area (Å²) in [7, 11) is 0. The van der Waals surface area contributed by atoms with E-state index in [1.807, 2.05) is 0 Å². The lowest BCUT2D eigenvalue weighted by atomic mass is 10.1. The van der Waals surface area contributed by atoms with E-state index in [1.165, 1.54) is 29.3 Å². The molecule has 17 heavy (non-hydrogen) atoms. The van der Waals surface area contributed by atoms with Crippen molar-refractivity contribution in [1.29, 1.82) is 0 Å². The third-order valence-electron chi connectivity index (χ3n) is 3.83. The lowest BCUT2D eigenvalue weighted by molar-refractivity contribution is 0.556. The summed E-state index contributed by atoms with van der Waals surface area (Å²) in [6.45, 7) is 1.79. The zero-order chi connectivity index (χ0) is 11.7. The third-order valence-corrected chi connectivity index (χ3v) is 3.83. The molecule has 1 fully saturated rings. The normalized spacial score (nSPS) is 17.0. The second kappa shape index (κ2) is 4.04.